The molecule has 3 N–H and O–H groups in total. The van der Waals surface area contributed by atoms with Crippen molar-refractivity contribution in [1.29, 1.82) is 0 Å². The first-order chi connectivity index (χ1) is 8.75. The van der Waals surface area contributed by atoms with Gasteiger partial charge in [-0.3, -0.25) is 0 Å². The van der Waals surface area contributed by atoms with Crippen molar-refractivity contribution in [2.24, 2.45) is 5.73 Å². The van der Waals surface area contributed by atoms with Crippen LogP contribution in [-0.2, 0) is 24.9 Å². The Kier molecular flexibility index (Phi) is 4.67. The van der Waals surface area contributed by atoms with Crippen molar-refractivity contribution in [3.05, 3.63) is 29.8 Å². The highest BCUT2D eigenvalue weighted by atomic mass is 32.2. The van der Waals surface area contributed by atoms with Gasteiger partial charge in [-0.2, -0.15) is 0 Å². The second-order valence-corrected chi connectivity index (χ2v) is 6.16. The number of nitrogens with two attached hydrogens (primary N) is 1. The fraction of sp³-hybridized carbons (Fsp3) is 0.417. The van der Waals surface area contributed by atoms with Gasteiger partial charge < -0.3 is 15.6 Å². The van der Waals surface area contributed by atoms with Gasteiger partial charge in [-0.05, 0) is 24.6 Å². The number of ether oxygens (including phenoxy) is 1. The van der Waals surface area contributed by atoms with Crippen molar-refractivity contribution in [3.63, 3.8) is 0 Å². The number of rotatable bonds is 5. The third-order valence-electron chi connectivity index (χ3n) is 2.69. The number of hydrogen-bond acceptors (Lipinski definition) is 6. The van der Waals surface area contributed by atoms with Crippen LogP contribution in [0.1, 0.15) is 12.5 Å². The summed E-state index contributed by atoms with van der Waals surface area (Å²) in [6.45, 7) is 1.13. The maximum absolute atomic E-state index is 11.8. The summed E-state index contributed by atoms with van der Waals surface area (Å²) in [4.78, 5) is 11.9. The zero-order valence-corrected chi connectivity index (χ0v) is 11.6. The molecule has 0 aliphatic heterocycles. The van der Waals surface area contributed by atoms with Gasteiger partial charge in [0.15, 0.2) is 15.4 Å². The number of aliphatic hydroxyl groups is 1. The lowest BCUT2D eigenvalue weighted by molar-refractivity contribution is -0.151. The van der Waals surface area contributed by atoms with Crippen LogP contribution in [0.25, 0.3) is 0 Å². The molecule has 106 valence electrons. The molecule has 6 nitrogen and oxygen atoms in total. The smallest absolute Gasteiger partial charge is 0.333 e. The first-order valence-electron chi connectivity index (χ1n) is 5.63. The number of sulfone groups is 1. The monoisotopic (exact) mass is 287 g/mol. The highest BCUT2D eigenvalue weighted by Crippen LogP contribution is 2.21. The standard InChI is InChI=1S/C12H17NO5S/c1-3-18-11(15)12(13,8-14)9-4-6-10(7-5-9)19(2,16)17/h4-7,14H,3,8,13H2,1-2H3/t12-/m0/s1. The molecular weight excluding hydrogens is 270 g/mol. The maximum Gasteiger partial charge on any atom is 0.333 e. The lowest BCUT2D eigenvalue weighted by Crippen LogP contribution is -2.49. The average Bonchev–Trinajstić information content (AvgIpc) is 2.37. The molecule has 1 rings (SSSR count). The van der Waals surface area contributed by atoms with Crippen LogP contribution >= 0.6 is 0 Å². The lowest BCUT2D eigenvalue weighted by atomic mass is 9.92. The molecule has 0 unspecified atom stereocenters. The third kappa shape index (κ3) is 3.31. The SMILES string of the molecule is CCOC(=O)[C@](N)(CO)c1ccc(S(C)(=O)=O)cc1. The van der Waals surface area contributed by atoms with Gasteiger partial charge >= 0.3 is 5.97 Å². The van der Waals surface area contributed by atoms with Crippen LogP contribution in [0.2, 0.25) is 0 Å². The number of benzene rings is 1. The van der Waals surface area contributed by atoms with Crippen LogP contribution < -0.4 is 5.73 Å². The lowest BCUT2D eigenvalue weighted by Gasteiger charge is -2.25. The number of carbonyl (C=O) groups excluding carboxylic acids is 1. The van der Waals surface area contributed by atoms with Gasteiger partial charge in [0.2, 0.25) is 0 Å². The molecule has 19 heavy (non-hydrogen) atoms. The Balaban J connectivity index is 3.17. The molecule has 0 saturated carbocycles. The molecule has 1 aromatic carbocycles. The maximum atomic E-state index is 11.8. The Morgan fingerprint density at radius 1 is 1.37 bits per heavy atom. The molecular formula is C12H17NO5S. The topological polar surface area (TPSA) is 107 Å². The first kappa shape index (κ1) is 15.6. The number of esters is 1. The molecule has 0 heterocycles. The van der Waals surface area contributed by atoms with E-state index < -0.39 is 28.0 Å². The van der Waals surface area contributed by atoms with E-state index in [4.69, 9.17) is 10.5 Å². The highest BCUT2D eigenvalue weighted by Gasteiger charge is 2.37. The number of aliphatic hydroxyl groups excluding tert-OH is 1. The predicted octanol–water partition coefficient (Wildman–Crippen LogP) is -0.200. The normalized spacial score (nSPS) is 14.7. The van der Waals surface area contributed by atoms with Crippen molar-refractivity contribution in [3.8, 4) is 0 Å². The van der Waals surface area contributed by atoms with Crippen molar-refractivity contribution in [2.45, 2.75) is 17.4 Å². The first-order valence-corrected chi connectivity index (χ1v) is 7.52. The molecule has 0 saturated heterocycles. The molecule has 0 amide bonds. The molecule has 0 aliphatic carbocycles. The van der Waals surface area contributed by atoms with Crippen LogP contribution in [0.3, 0.4) is 0 Å². The van der Waals surface area contributed by atoms with E-state index >= 15 is 0 Å². The van der Waals surface area contributed by atoms with Crippen molar-refractivity contribution < 1.29 is 23.1 Å². The Bertz CT molecular complexity index is 552. The molecule has 1 atom stereocenters. The molecule has 7 heteroatoms. The summed E-state index contributed by atoms with van der Waals surface area (Å²) in [7, 11) is -3.32. The van der Waals surface area contributed by atoms with Gasteiger partial charge in [-0.1, -0.05) is 12.1 Å². The van der Waals surface area contributed by atoms with E-state index in [1.54, 1.807) is 6.92 Å². The Labute approximate surface area is 112 Å². The van der Waals surface area contributed by atoms with Gasteiger partial charge in [0, 0.05) is 6.26 Å². The Hall–Kier alpha value is -1.44. The highest BCUT2D eigenvalue weighted by molar-refractivity contribution is 7.90. The van der Waals surface area contributed by atoms with E-state index in [1.165, 1.54) is 24.3 Å². The quantitative estimate of drug-likeness (QED) is 0.726. The van der Waals surface area contributed by atoms with E-state index in [0.29, 0.717) is 5.56 Å². The summed E-state index contributed by atoms with van der Waals surface area (Å²) in [5.41, 5.74) is 4.44. The van der Waals surface area contributed by atoms with Gasteiger partial charge in [0.05, 0.1) is 18.1 Å². The summed E-state index contributed by atoms with van der Waals surface area (Å²) >= 11 is 0. The summed E-state index contributed by atoms with van der Waals surface area (Å²) < 4.78 is 27.5. The molecule has 0 bridgehead atoms. The largest absolute Gasteiger partial charge is 0.464 e. The Morgan fingerprint density at radius 3 is 2.26 bits per heavy atom. The molecule has 0 spiro atoms. The minimum absolute atomic E-state index is 0.111. The van der Waals surface area contributed by atoms with Gasteiger partial charge in [0.25, 0.3) is 0 Å². The zero-order chi connectivity index (χ0) is 14.7. The molecule has 0 fully saturated rings. The van der Waals surface area contributed by atoms with Crippen LogP contribution in [-0.4, -0.2) is 39.0 Å². The second-order valence-electron chi connectivity index (χ2n) is 4.15. The second kappa shape index (κ2) is 5.68. The van der Waals surface area contributed by atoms with Crippen LogP contribution in [0.4, 0.5) is 0 Å². The molecule has 0 aromatic heterocycles. The predicted molar refractivity (Wildman–Crippen MR) is 69.1 cm³/mol. The van der Waals surface area contributed by atoms with Gasteiger partial charge in [0.1, 0.15) is 0 Å². The van der Waals surface area contributed by atoms with Gasteiger partial charge in [-0.15, -0.1) is 0 Å². The summed E-state index contributed by atoms with van der Waals surface area (Å²) in [6, 6.07) is 5.45. The van der Waals surface area contributed by atoms with E-state index in [-0.39, 0.29) is 11.5 Å². The van der Waals surface area contributed by atoms with E-state index in [1.807, 2.05) is 0 Å². The van der Waals surface area contributed by atoms with Crippen LogP contribution in [0.5, 0.6) is 0 Å². The average molecular weight is 287 g/mol. The van der Waals surface area contributed by atoms with Crippen molar-refractivity contribution >= 4 is 15.8 Å². The van der Waals surface area contributed by atoms with Crippen LogP contribution in [0.15, 0.2) is 29.2 Å². The fourth-order valence-corrected chi connectivity index (χ4v) is 2.16. The van der Waals surface area contributed by atoms with Crippen LogP contribution in [0, 0.1) is 0 Å². The number of carbonyl (C=O) groups is 1. The molecule has 1 aromatic rings. The number of hydrogen-bond donors (Lipinski definition) is 2. The summed E-state index contributed by atoms with van der Waals surface area (Å²) in [5, 5.41) is 9.32. The molecule has 0 aliphatic rings. The molecule has 0 radical (unpaired) electrons. The fourth-order valence-electron chi connectivity index (χ4n) is 1.53. The zero-order valence-electron chi connectivity index (χ0n) is 10.8. The van der Waals surface area contributed by atoms with Crippen molar-refractivity contribution in [1.82, 2.24) is 0 Å². The van der Waals surface area contributed by atoms with E-state index in [0.717, 1.165) is 6.26 Å². The summed E-state index contributed by atoms with van der Waals surface area (Å²) in [5.74, 6) is -0.760. The summed E-state index contributed by atoms with van der Waals surface area (Å²) in [6.07, 6.45) is 1.08. The van der Waals surface area contributed by atoms with E-state index in [2.05, 4.69) is 0 Å². The van der Waals surface area contributed by atoms with E-state index in [9.17, 15) is 18.3 Å². The Morgan fingerprint density at radius 2 is 1.89 bits per heavy atom. The third-order valence-corrected chi connectivity index (χ3v) is 3.82. The van der Waals surface area contributed by atoms with Gasteiger partial charge in [-0.25, -0.2) is 13.2 Å². The minimum atomic E-state index is -3.32. The van der Waals surface area contributed by atoms with Crippen molar-refractivity contribution in [2.75, 3.05) is 19.5 Å². The minimum Gasteiger partial charge on any atom is -0.464 e.